The second-order valence-electron chi connectivity index (χ2n) is 4.29. The highest BCUT2D eigenvalue weighted by Crippen LogP contribution is 2.28. The molecule has 0 aliphatic heterocycles. The minimum atomic E-state index is -0.420. The van der Waals surface area contributed by atoms with Gasteiger partial charge in [-0.2, -0.15) is 0 Å². The van der Waals surface area contributed by atoms with Crippen LogP contribution < -0.4 is 10.5 Å². The van der Waals surface area contributed by atoms with Crippen molar-refractivity contribution in [2.75, 3.05) is 7.11 Å². The number of benzene rings is 2. The van der Waals surface area contributed by atoms with Crippen molar-refractivity contribution in [2.45, 2.75) is 12.5 Å². The van der Waals surface area contributed by atoms with E-state index in [1.54, 1.807) is 12.1 Å². The lowest BCUT2D eigenvalue weighted by Crippen LogP contribution is -2.16. The molecule has 0 aliphatic rings. The van der Waals surface area contributed by atoms with Gasteiger partial charge >= 0.3 is 0 Å². The van der Waals surface area contributed by atoms with Crippen LogP contribution in [0.15, 0.2) is 42.5 Å². The van der Waals surface area contributed by atoms with E-state index < -0.39 is 6.04 Å². The van der Waals surface area contributed by atoms with E-state index >= 15 is 0 Å². The number of hydrogen-bond acceptors (Lipinski definition) is 2. The maximum absolute atomic E-state index is 13.9. The molecule has 0 aliphatic carbocycles. The van der Waals surface area contributed by atoms with Crippen molar-refractivity contribution in [3.8, 4) is 5.75 Å². The Labute approximate surface area is 125 Å². The van der Waals surface area contributed by atoms with Gasteiger partial charge in [-0.3, -0.25) is 0 Å². The SMILES string of the molecule is COc1cccc(F)c1C(N)Cc1ccc(I)cc1. The Morgan fingerprint density at radius 2 is 1.89 bits per heavy atom. The van der Waals surface area contributed by atoms with Gasteiger partial charge in [0, 0.05) is 15.2 Å². The molecule has 0 amide bonds. The van der Waals surface area contributed by atoms with Crippen molar-refractivity contribution in [1.29, 1.82) is 0 Å². The second-order valence-corrected chi connectivity index (χ2v) is 5.54. The molecule has 4 heteroatoms. The summed E-state index contributed by atoms with van der Waals surface area (Å²) in [6.45, 7) is 0. The van der Waals surface area contributed by atoms with Gasteiger partial charge in [0.05, 0.1) is 7.11 Å². The summed E-state index contributed by atoms with van der Waals surface area (Å²) in [5.41, 5.74) is 7.64. The molecule has 0 bridgehead atoms. The number of ether oxygens (including phenoxy) is 1. The van der Waals surface area contributed by atoms with Crippen molar-refractivity contribution in [2.24, 2.45) is 5.73 Å². The lowest BCUT2D eigenvalue weighted by atomic mass is 9.98. The molecule has 0 spiro atoms. The molecule has 0 saturated carbocycles. The predicted octanol–water partition coefficient (Wildman–Crippen LogP) is 3.68. The molecule has 100 valence electrons. The molecular weight excluding hydrogens is 356 g/mol. The minimum absolute atomic E-state index is 0.322. The maximum Gasteiger partial charge on any atom is 0.131 e. The number of halogens is 2. The van der Waals surface area contributed by atoms with Crippen molar-refractivity contribution >= 4 is 22.6 Å². The molecule has 0 saturated heterocycles. The van der Waals surface area contributed by atoms with Crippen molar-refractivity contribution < 1.29 is 9.13 Å². The first-order chi connectivity index (χ1) is 9.11. The highest BCUT2D eigenvalue weighted by atomic mass is 127. The van der Waals surface area contributed by atoms with Gasteiger partial charge in [0.25, 0.3) is 0 Å². The zero-order valence-electron chi connectivity index (χ0n) is 10.6. The summed E-state index contributed by atoms with van der Waals surface area (Å²) in [5, 5.41) is 0. The molecule has 0 heterocycles. The standard InChI is InChI=1S/C15H15FINO/c1-19-14-4-2-3-12(16)15(14)13(18)9-10-5-7-11(17)8-6-10/h2-8,13H,9,18H2,1H3. The average Bonchev–Trinajstić information content (AvgIpc) is 2.40. The molecule has 19 heavy (non-hydrogen) atoms. The zero-order valence-corrected chi connectivity index (χ0v) is 12.7. The number of methoxy groups -OCH3 is 1. The van der Waals surface area contributed by atoms with Crippen LogP contribution in [0.3, 0.4) is 0 Å². The Hall–Kier alpha value is -1.14. The molecule has 2 aromatic rings. The molecule has 2 N–H and O–H groups in total. The van der Waals surface area contributed by atoms with Crippen LogP contribution in [0, 0.1) is 9.39 Å². The number of rotatable bonds is 4. The van der Waals surface area contributed by atoms with Gasteiger partial charge in [-0.15, -0.1) is 0 Å². The van der Waals surface area contributed by atoms with E-state index in [1.165, 1.54) is 16.7 Å². The van der Waals surface area contributed by atoms with Gasteiger partial charge in [0.1, 0.15) is 11.6 Å². The van der Waals surface area contributed by atoms with E-state index in [1.807, 2.05) is 24.3 Å². The van der Waals surface area contributed by atoms with Gasteiger partial charge < -0.3 is 10.5 Å². The second kappa shape index (κ2) is 6.34. The average molecular weight is 371 g/mol. The Balaban J connectivity index is 2.24. The Morgan fingerprint density at radius 3 is 2.53 bits per heavy atom. The van der Waals surface area contributed by atoms with Crippen LogP contribution in [0.25, 0.3) is 0 Å². The van der Waals surface area contributed by atoms with Crippen LogP contribution in [0.1, 0.15) is 17.2 Å². The fourth-order valence-electron chi connectivity index (χ4n) is 2.03. The minimum Gasteiger partial charge on any atom is -0.496 e. The lowest BCUT2D eigenvalue weighted by Gasteiger charge is -2.16. The quantitative estimate of drug-likeness (QED) is 0.833. The molecule has 1 unspecified atom stereocenters. The Morgan fingerprint density at radius 1 is 1.21 bits per heavy atom. The summed E-state index contributed by atoms with van der Waals surface area (Å²) >= 11 is 2.25. The van der Waals surface area contributed by atoms with Gasteiger partial charge in [0.15, 0.2) is 0 Å². The summed E-state index contributed by atoms with van der Waals surface area (Å²) in [6.07, 6.45) is 0.578. The van der Waals surface area contributed by atoms with Gasteiger partial charge in [0.2, 0.25) is 0 Å². The van der Waals surface area contributed by atoms with Crippen molar-refractivity contribution in [3.63, 3.8) is 0 Å². The Bertz CT molecular complexity index is 557. The summed E-state index contributed by atoms with van der Waals surface area (Å²) < 4.78 is 20.2. The topological polar surface area (TPSA) is 35.2 Å². The third kappa shape index (κ3) is 3.45. The van der Waals surface area contributed by atoms with Crippen molar-refractivity contribution in [1.82, 2.24) is 0 Å². The summed E-state index contributed by atoms with van der Waals surface area (Å²) in [5.74, 6) is 0.176. The number of hydrogen-bond donors (Lipinski definition) is 1. The maximum atomic E-state index is 13.9. The molecule has 2 aromatic carbocycles. The summed E-state index contributed by atoms with van der Waals surface area (Å²) in [4.78, 5) is 0. The molecule has 1 atom stereocenters. The van der Waals surface area contributed by atoms with E-state index in [2.05, 4.69) is 22.6 Å². The van der Waals surface area contributed by atoms with E-state index in [-0.39, 0.29) is 5.82 Å². The summed E-state index contributed by atoms with van der Waals surface area (Å²) in [7, 11) is 1.52. The van der Waals surface area contributed by atoms with Crippen LogP contribution in [-0.2, 0) is 6.42 Å². The van der Waals surface area contributed by atoms with Crippen LogP contribution in [0.2, 0.25) is 0 Å². The molecule has 0 radical (unpaired) electrons. The van der Waals surface area contributed by atoms with E-state index in [4.69, 9.17) is 10.5 Å². The fraction of sp³-hybridized carbons (Fsp3) is 0.200. The predicted molar refractivity (Wildman–Crippen MR) is 82.7 cm³/mol. The van der Waals surface area contributed by atoms with Gasteiger partial charge in [-0.05, 0) is 58.8 Å². The van der Waals surface area contributed by atoms with Crippen LogP contribution in [0.5, 0.6) is 5.75 Å². The monoisotopic (exact) mass is 371 g/mol. The first-order valence-electron chi connectivity index (χ1n) is 5.94. The fourth-order valence-corrected chi connectivity index (χ4v) is 2.39. The molecule has 0 fully saturated rings. The third-order valence-electron chi connectivity index (χ3n) is 2.97. The van der Waals surface area contributed by atoms with Gasteiger partial charge in [-0.1, -0.05) is 18.2 Å². The Kier molecular flexibility index (Phi) is 4.76. The number of nitrogens with two attached hydrogens (primary N) is 1. The van der Waals surface area contributed by atoms with Crippen molar-refractivity contribution in [3.05, 3.63) is 63.0 Å². The van der Waals surface area contributed by atoms with Gasteiger partial charge in [-0.25, -0.2) is 4.39 Å². The van der Waals surface area contributed by atoms with E-state index in [0.717, 1.165) is 5.56 Å². The smallest absolute Gasteiger partial charge is 0.131 e. The first-order valence-corrected chi connectivity index (χ1v) is 7.02. The van der Waals surface area contributed by atoms with Crippen LogP contribution in [-0.4, -0.2) is 7.11 Å². The molecule has 0 aromatic heterocycles. The molecular formula is C15H15FINO. The van der Waals surface area contributed by atoms with Crippen LogP contribution >= 0.6 is 22.6 Å². The van der Waals surface area contributed by atoms with Crippen LogP contribution in [0.4, 0.5) is 4.39 Å². The summed E-state index contributed by atoms with van der Waals surface area (Å²) in [6, 6.07) is 12.4. The normalized spacial score (nSPS) is 12.2. The first kappa shape index (κ1) is 14.3. The highest BCUT2D eigenvalue weighted by molar-refractivity contribution is 14.1. The zero-order chi connectivity index (χ0) is 13.8. The molecule has 2 rings (SSSR count). The molecule has 2 nitrogen and oxygen atoms in total. The van der Waals surface area contributed by atoms with E-state index in [9.17, 15) is 4.39 Å². The highest BCUT2D eigenvalue weighted by Gasteiger charge is 2.17. The van der Waals surface area contributed by atoms with E-state index in [0.29, 0.717) is 17.7 Å². The third-order valence-corrected chi connectivity index (χ3v) is 3.69. The lowest BCUT2D eigenvalue weighted by molar-refractivity contribution is 0.399. The largest absolute Gasteiger partial charge is 0.496 e.